The highest BCUT2D eigenvalue weighted by Crippen LogP contribution is 2.65. The number of fused-ring (bicyclic) bond motifs is 1. The SMILES string of the molecule is CC1=C(CCCNC(=O)[C@@H]2CCCN2)C2=C(C)C3(CC3)[C@@](C)(O)C(=O)C2=C1. The lowest BCUT2D eigenvalue weighted by atomic mass is 9.67. The van der Waals surface area contributed by atoms with Crippen molar-refractivity contribution in [3.8, 4) is 0 Å². The molecule has 4 rings (SSSR count). The minimum atomic E-state index is -1.29. The van der Waals surface area contributed by atoms with Crippen LogP contribution in [0.1, 0.15) is 59.3 Å². The van der Waals surface area contributed by atoms with Crippen molar-refractivity contribution in [2.75, 3.05) is 13.1 Å². The molecule has 0 radical (unpaired) electrons. The summed E-state index contributed by atoms with van der Waals surface area (Å²) in [7, 11) is 0. The fraction of sp³-hybridized carbons (Fsp3) is 0.636. The van der Waals surface area contributed by atoms with Crippen molar-refractivity contribution in [1.82, 2.24) is 10.6 Å². The van der Waals surface area contributed by atoms with E-state index >= 15 is 0 Å². The van der Waals surface area contributed by atoms with Gasteiger partial charge in [0, 0.05) is 17.5 Å². The molecule has 1 aliphatic heterocycles. The highest BCUT2D eigenvalue weighted by molar-refractivity contribution is 6.10. The Kier molecular flexibility index (Phi) is 4.43. The monoisotopic (exact) mass is 370 g/mol. The number of ketones is 1. The standard InChI is InChI=1S/C22H30N2O3/c1-13-12-16-18(14(2)22(8-9-22)21(3,27)19(16)25)15(13)6-4-11-24-20(26)17-7-5-10-23-17/h12,17,23,27H,4-11H2,1-3H3,(H,24,26)/t17-,21-/m0/s1. The first-order valence-corrected chi connectivity index (χ1v) is 10.2. The van der Waals surface area contributed by atoms with Crippen LogP contribution in [0.2, 0.25) is 0 Å². The van der Waals surface area contributed by atoms with Crippen LogP contribution >= 0.6 is 0 Å². The molecule has 2 atom stereocenters. The van der Waals surface area contributed by atoms with Gasteiger partial charge in [0.15, 0.2) is 5.78 Å². The number of rotatable bonds is 5. The molecule has 1 spiro atoms. The van der Waals surface area contributed by atoms with Gasteiger partial charge in [-0.05, 0) is 88.6 Å². The van der Waals surface area contributed by atoms with Crippen molar-refractivity contribution in [2.45, 2.75) is 70.9 Å². The van der Waals surface area contributed by atoms with E-state index < -0.39 is 5.60 Å². The third-order valence-corrected chi connectivity index (χ3v) is 7.15. The average Bonchev–Trinajstić information content (AvgIpc) is 3.14. The minimum absolute atomic E-state index is 0.0384. The van der Waals surface area contributed by atoms with E-state index in [1.54, 1.807) is 6.92 Å². The predicted molar refractivity (Wildman–Crippen MR) is 104 cm³/mol. The molecule has 3 N–H and O–H groups in total. The molecule has 3 aliphatic carbocycles. The van der Waals surface area contributed by atoms with E-state index in [-0.39, 0.29) is 23.1 Å². The van der Waals surface area contributed by atoms with Crippen LogP contribution in [0.3, 0.4) is 0 Å². The van der Waals surface area contributed by atoms with Crippen molar-refractivity contribution >= 4 is 11.7 Å². The molecule has 0 aromatic heterocycles. The number of amides is 1. The molecular weight excluding hydrogens is 340 g/mol. The van der Waals surface area contributed by atoms with Crippen LogP contribution in [0, 0.1) is 5.41 Å². The summed E-state index contributed by atoms with van der Waals surface area (Å²) in [5.74, 6) is -0.0322. The lowest BCUT2D eigenvalue weighted by Gasteiger charge is -2.39. The zero-order chi connectivity index (χ0) is 19.4. The summed E-state index contributed by atoms with van der Waals surface area (Å²) in [6, 6.07) is -0.0384. The third-order valence-electron chi connectivity index (χ3n) is 7.15. The Hall–Kier alpha value is -1.72. The molecule has 27 heavy (non-hydrogen) atoms. The Morgan fingerprint density at radius 3 is 2.74 bits per heavy atom. The molecule has 0 aromatic carbocycles. The van der Waals surface area contributed by atoms with Crippen molar-refractivity contribution in [3.63, 3.8) is 0 Å². The van der Waals surface area contributed by atoms with Crippen LogP contribution < -0.4 is 10.6 Å². The summed E-state index contributed by atoms with van der Waals surface area (Å²) in [6.45, 7) is 7.38. The van der Waals surface area contributed by atoms with Crippen LogP contribution in [0.15, 0.2) is 33.9 Å². The maximum absolute atomic E-state index is 12.9. The number of carbonyl (C=O) groups excluding carboxylic acids is 2. The van der Waals surface area contributed by atoms with Gasteiger partial charge in [-0.3, -0.25) is 9.59 Å². The Balaban J connectivity index is 1.45. The van der Waals surface area contributed by atoms with Gasteiger partial charge in [-0.25, -0.2) is 0 Å². The number of carbonyl (C=O) groups is 2. The molecule has 1 amide bonds. The summed E-state index contributed by atoms with van der Waals surface area (Å²) in [4.78, 5) is 25.1. The minimum Gasteiger partial charge on any atom is -0.381 e. The molecule has 1 heterocycles. The zero-order valence-corrected chi connectivity index (χ0v) is 16.6. The lowest BCUT2D eigenvalue weighted by molar-refractivity contribution is -0.137. The zero-order valence-electron chi connectivity index (χ0n) is 16.6. The second-order valence-electron chi connectivity index (χ2n) is 8.75. The summed E-state index contributed by atoms with van der Waals surface area (Å²) in [5, 5.41) is 17.2. The van der Waals surface area contributed by atoms with Crippen molar-refractivity contribution < 1.29 is 14.7 Å². The van der Waals surface area contributed by atoms with Crippen LogP contribution in [-0.2, 0) is 9.59 Å². The second-order valence-corrected chi connectivity index (χ2v) is 8.75. The third kappa shape index (κ3) is 2.74. The second kappa shape index (κ2) is 6.42. The van der Waals surface area contributed by atoms with Crippen LogP contribution in [0.4, 0.5) is 0 Å². The molecule has 1 saturated heterocycles. The van der Waals surface area contributed by atoms with Gasteiger partial charge < -0.3 is 15.7 Å². The summed E-state index contributed by atoms with van der Waals surface area (Å²) >= 11 is 0. The van der Waals surface area contributed by atoms with E-state index in [9.17, 15) is 14.7 Å². The van der Waals surface area contributed by atoms with Crippen molar-refractivity contribution in [2.24, 2.45) is 5.41 Å². The largest absolute Gasteiger partial charge is 0.381 e. The topological polar surface area (TPSA) is 78.4 Å². The van der Waals surface area contributed by atoms with E-state index in [0.717, 1.165) is 56.2 Å². The van der Waals surface area contributed by atoms with Crippen LogP contribution in [-0.4, -0.2) is 41.5 Å². The van der Waals surface area contributed by atoms with Gasteiger partial charge in [0.25, 0.3) is 0 Å². The molecule has 4 aliphatic rings. The number of aliphatic hydroxyl groups is 1. The van der Waals surface area contributed by atoms with Gasteiger partial charge in [-0.1, -0.05) is 5.57 Å². The van der Waals surface area contributed by atoms with Gasteiger partial charge in [-0.2, -0.15) is 0 Å². The van der Waals surface area contributed by atoms with E-state index in [2.05, 4.69) is 17.6 Å². The Labute approximate surface area is 161 Å². The number of hydrogen-bond donors (Lipinski definition) is 3. The molecule has 0 unspecified atom stereocenters. The van der Waals surface area contributed by atoms with Gasteiger partial charge in [0.1, 0.15) is 5.60 Å². The molecule has 0 bridgehead atoms. The summed E-state index contributed by atoms with van der Waals surface area (Å²) < 4.78 is 0. The maximum atomic E-state index is 12.9. The number of nitrogens with one attached hydrogen (secondary N) is 2. The first-order chi connectivity index (χ1) is 12.8. The fourth-order valence-electron chi connectivity index (χ4n) is 5.24. The molecule has 5 nitrogen and oxygen atoms in total. The van der Waals surface area contributed by atoms with Crippen molar-refractivity contribution in [3.05, 3.63) is 33.9 Å². The molecular formula is C22H30N2O3. The fourth-order valence-corrected chi connectivity index (χ4v) is 5.24. The van der Waals surface area contributed by atoms with Crippen LogP contribution in [0.5, 0.6) is 0 Å². The highest BCUT2D eigenvalue weighted by atomic mass is 16.3. The van der Waals surface area contributed by atoms with Gasteiger partial charge in [-0.15, -0.1) is 0 Å². The lowest BCUT2D eigenvalue weighted by Crippen LogP contribution is -2.49. The average molecular weight is 370 g/mol. The number of hydrogen-bond acceptors (Lipinski definition) is 4. The number of Topliss-reactive ketones (excluding diaryl/α,β-unsaturated/α-hetero) is 1. The summed E-state index contributed by atoms with van der Waals surface area (Å²) in [5.41, 5.74) is 3.60. The smallest absolute Gasteiger partial charge is 0.237 e. The van der Waals surface area contributed by atoms with Crippen LogP contribution in [0.25, 0.3) is 0 Å². The Morgan fingerprint density at radius 1 is 1.37 bits per heavy atom. The van der Waals surface area contributed by atoms with E-state index in [1.807, 2.05) is 13.0 Å². The molecule has 2 fully saturated rings. The van der Waals surface area contributed by atoms with Crippen molar-refractivity contribution in [1.29, 1.82) is 0 Å². The Morgan fingerprint density at radius 2 is 2.11 bits per heavy atom. The molecule has 1 saturated carbocycles. The molecule has 146 valence electrons. The highest BCUT2D eigenvalue weighted by Gasteiger charge is 2.64. The van der Waals surface area contributed by atoms with E-state index in [0.29, 0.717) is 12.1 Å². The number of allylic oxidation sites excluding steroid dienone is 4. The molecule has 5 heteroatoms. The first-order valence-electron chi connectivity index (χ1n) is 10.2. The van der Waals surface area contributed by atoms with E-state index in [4.69, 9.17) is 0 Å². The van der Waals surface area contributed by atoms with E-state index in [1.165, 1.54) is 11.1 Å². The Bertz CT molecular complexity index is 790. The van der Waals surface area contributed by atoms with Gasteiger partial charge in [0.2, 0.25) is 5.91 Å². The molecule has 0 aromatic rings. The normalized spacial score (nSPS) is 31.5. The quantitative estimate of drug-likeness (QED) is 0.649. The van der Waals surface area contributed by atoms with Gasteiger partial charge in [0.05, 0.1) is 6.04 Å². The first kappa shape index (κ1) is 18.6. The van der Waals surface area contributed by atoms with Gasteiger partial charge >= 0.3 is 0 Å². The summed E-state index contributed by atoms with van der Waals surface area (Å²) in [6.07, 6.45) is 7.37. The maximum Gasteiger partial charge on any atom is 0.237 e. The predicted octanol–water partition coefficient (Wildman–Crippen LogP) is 2.32.